The number of carbonyl (C=O) groups excluding carboxylic acids is 3. The maximum atomic E-state index is 12.5. The molecule has 1 aliphatic rings. The summed E-state index contributed by atoms with van der Waals surface area (Å²) in [4.78, 5) is 41.2. The van der Waals surface area contributed by atoms with Crippen LogP contribution in [-0.4, -0.2) is 30.0 Å². The van der Waals surface area contributed by atoms with Crippen LogP contribution in [0.15, 0.2) is 41.4 Å². The molecule has 3 rings (SSSR count). The Balaban J connectivity index is 1.90. The number of nitrogens with one attached hydrogen (secondary N) is 1. The zero-order valence-electron chi connectivity index (χ0n) is 14.2. The number of nitrogens with zero attached hydrogens (tertiary/aromatic N) is 3. The second kappa shape index (κ2) is 6.79. The quantitative estimate of drug-likeness (QED) is 0.489. The summed E-state index contributed by atoms with van der Waals surface area (Å²) in [7, 11) is 0. The van der Waals surface area contributed by atoms with Crippen molar-refractivity contribution in [2.24, 2.45) is 4.99 Å². The minimum atomic E-state index is -0.515. The van der Waals surface area contributed by atoms with E-state index >= 15 is 0 Å². The minimum Gasteiger partial charge on any atom is -0.377 e. The largest absolute Gasteiger partial charge is 0.377 e. The Labute approximate surface area is 149 Å². The molecule has 2 aromatic carbocycles. The van der Waals surface area contributed by atoms with Gasteiger partial charge < -0.3 is 10.4 Å². The van der Waals surface area contributed by atoms with Crippen LogP contribution in [0, 0.1) is 13.8 Å². The molecule has 1 fully saturated rings. The normalized spacial score (nSPS) is 13.3. The van der Waals surface area contributed by atoms with Crippen LogP contribution in [0.2, 0.25) is 0 Å². The van der Waals surface area contributed by atoms with Crippen LogP contribution < -0.4 is 15.1 Å². The fourth-order valence-electron chi connectivity index (χ4n) is 2.69. The number of benzene rings is 2. The molecule has 1 heterocycles. The topological polar surface area (TPSA) is 102 Å². The van der Waals surface area contributed by atoms with Crippen molar-refractivity contribution in [1.82, 2.24) is 0 Å². The van der Waals surface area contributed by atoms with E-state index in [0.29, 0.717) is 22.7 Å². The molecule has 2 N–H and O–H groups in total. The lowest BCUT2D eigenvalue weighted by Gasteiger charge is -2.39. The van der Waals surface area contributed by atoms with Crippen LogP contribution in [-0.2, 0) is 4.79 Å². The molecule has 0 bridgehead atoms. The molecule has 0 saturated carbocycles. The number of hydrogen-bond donors (Lipinski definition) is 2. The summed E-state index contributed by atoms with van der Waals surface area (Å²) in [5, 5.41) is 11.8. The maximum Gasteiger partial charge on any atom is 0.345 e. The highest BCUT2D eigenvalue weighted by molar-refractivity contribution is 6.41. The molecule has 8 nitrogen and oxygen atoms in total. The van der Waals surface area contributed by atoms with E-state index in [2.05, 4.69) is 10.3 Å². The van der Waals surface area contributed by atoms with Crippen molar-refractivity contribution < 1.29 is 19.5 Å². The Morgan fingerprint density at radius 1 is 1.00 bits per heavy atom. The Morgan fingerprint density at radius 3 is 2.15 bits per heavy atom. The number of aliphatic hydroxyl groups is 1. The van der Waals surface area contributed by atoms with Crippen molar-refractivity contribution in [3.05, 3.63) is 47.5 Å². The van der Waals surface area contributed by atoms with E-state index < -0.39 is 12.1 Å². The third kappa shape index (κ3) is 2.83. The molecular weight excluding hydrogens is 336 g/mol. The van der Waals surface area contributed by atoms with E-state index in [1.54, 1.807) is 37.3 Å². The molecular formula is C18H16N4O4. The highest BCUT2D eigenvalue weighted by Gasteiger charge is 2.46. The molecule has 1 saturated heterocycles. The van der Waals surface area contributed by atoms with E-state index in [1.165, 1.54) is 12.1 Å². The van der Waals surface area contributed by atoms with Crippen molar-refractivity contribution in [3.63, 3.8) is 0 Å². The van der Waals surface area contributed by atoms with E-state index in [9.17, 15) is 14.4 Å². The number of urea groups is 2. The number of rotatable bonds is 5. The second-order valence-corrected chi connectivity index (χ2v) is 5.74. The molecule has 1 aliphatic heterocycles. The molecule has 0 aliphatic carbocycles. The van der Waals surface area contributed by atoms with Crippen LogP contribution in [0.1, 0.15) is 11.1 Å². The third-order valence-corrected chi connectivity index (χ3v) is 4.13. The fourth-order valence-corrected chi connectivity index (χ4v) is 2.69. The van der Waals surface area contributed by atoms with Gasteiger partial charge in [0.25, 0.3) is 0 Å². The van der Waals surface area contributed by atoms with Crippen LogP contribution in [0.3, 0.4) is 0 Å². The lowest BCUT2D eigenvalue weighted by Crippen LogP contribution is -2.64. The predicted octanol–water partition coefficient (Wildman–Crippen LogP) is 3.20. The summed E-state index contributed by atoms with van der Waals surface area (Å²) in [6.45, 7) is 3.34. The summed E-state index contributed by atoms with van der Waals surface area (Å²) < 4.78 is 0. The van der Waals surface area contributed by atoms with E-state index in [4.69, 9.17) is 5.11 Å². The van der Waals surface area contributed by atoms with Gasteiger partial charge in [-0.1, -0.05) is 12.1 Å². The summed E-state index contributed by atoms with van der Waals surface area (Å²) in [5.74, 6) is 0. The first-order chi connectivity index (χ1) is 12.5. The van der Waals surface area contributed by atoms with Gasteiger partial charge in [-0.25, -0.2) is 24.2 Å². The minimum absolute atomic E-state index is 0.262. The molecule has 0 aromatic heterocycles. The first kappa shape index (κ1) is 17.3. The summed E-state index contributed by atoms with van der Waals surface area (Å²) in [6.07, 6.45) is 1.46. The number of aliphatic imine (C=N–C) groups is 1. The Kier molecular flexibility index (Phi) is 4.53. The summed E-state index contributed by atoms with van der Waals surface area (Å²) in [6, 6.07) is 8.76. The molecule has 26 heavy (non-hydrogen) atoms. The first-order valence-corrected chi connectivity index (χ1v) is 7.80. The number of isocyanates is 1. The van der Waals surface area contributed by atoms with Crippen LogP contribution in [0.5, 0.6) is 0 Å². The van der Waals surface area contributed by atoms with Gasteiger partial charge in [-0.2, -0.15) is 4.99 Å². The number of aliphatic hydroxyl groups excluding tert-OH is 1. The van der Waals surface area contributed by atoms with Gasteiger partial charge in [0.1, 0.15) is 6.73 Å². The lowest BCUT2D eigenvalue weighted by atomic mass is 10.1. The average Bonchev–Trinajstić information content (AvgIpc) is 2.61. The third-order valence-electron chi connectivity index (χ3n) is 4.13. The van der Waals surface area contributed by atoms with Gasteiger partial charge in [-0.15, -0.1) is 0 Å². The number of aryl methyl sites for hydroxylation is 2. The molecule has 0 radical (unpaired) electrons. The standard InChI is InChI=1S/C18H16N4O4/c1-11-3-5-13(7-15(11)19-9-23)21-17(25)22(18(21)26)14-6-4-12(2)16(8-14)20-10-24/h3-8,19,23H,9H2,1-2H3. The Hall–Kier alpha value is -3.48. The van der Waals surface area contributed by atoms with Gasteiger partial charge in [0.05, 0.1) is 17.1 Å². The number of amides is 4. The van der Waals surface area contributed by atoms with E-state index in [-0.39, 0.29) is 6.73 Å². The van der Waals surface area contributed by atoms with Gasteiger partial charge in [0.15, 0.2) is 0 Å². The highest BCUT2D eigenvalue weighted by atomic mass is 16.3. The lowest BCUT2D eigenvalue weighted by molar-refractivity contribution is 0.226. The van der Waals surface area contributed by atoms with Gasteiger partial charge in [0, 0.05) is 5.69 Å². The molecule has 0 atom stereocenters. The van der Waals surface area contributed by atoms with Gasteiger partial charge in [-0.3, -0.25) is 0 Å². The molecule has 0 unspecified atom stereocenters. The van der Waals surface area contributed by atoms with Gasteiger partial charge in [0.2, 0.25) is 6.08 Å². The van der Waals surface area contributed by atoms with Crippen LogP contribution >= 0.6 is 0 Å². The Bertz CT molecular complexity index is 934. The molecule has 4 amide bonds. The van der Waals surface area contributed by atoms with Crippen molar-refractivity contribution in [1.29, 1.82) is 0 Å². The zero-order valence-corrected chi connectivity index (χ0v) is 14.2. The predicted molar refractivity (Wildman–Crippen MR) is 96.6 cm³/mol. The molecule has 2 aromatic rings. The summed E-state index contributed by atoms with van der Waals surface area (Å²) >= 11 is 0. The van der Waals surface area contributed by atoms with E-state index in [1.807, 2.05) is 6.92 Å². The number of anilines is 3. The molecule has 0 spiro atoms. The zero-order chi connectivity index (χ0) is 18.8. The second-order valence-electron chi connectivity index (χ2n) is 5.74. The maximum absolute atomic E-state index is 12.5. The first-order valence-electron chi connectivity index (χ1n) is 7.80. The fraction of sp³-hybridized carbons (Fsp3) is 0.167. The van der Waals surface area contributed by atoms with Crippen molar-refractivity contribution >= 4 is 40.9 Å². The van der Waals surface area contributed by atoms with Crippen LogP contribution in [0.4, 0.5) is 32.3 Å². The van der Waals surface area contributed by atoms with Crippen LogP contribution in [0.25, 0.3) is 0 Å². The Morgan fingerprint density at radius 2 is 1.58 bits per heavy atom. The molecule has 8 heteroatoms. The van der Waals surface area contributed by atoms with Crippen molar-refractivity contribution in [2.45, 2.75) is 13.8 Å². The smallest absolute Gasteiger partial charge is 0.345 e. The number of imide groups is 2. The highest BCUT2D eigenvalue weighted by Crippen LogP contribution is 2.34. The average molecular weight is 352 g/mol. The SMILES string of the molecule is Cc1ccc(N2C(=O)N(c3ccc(C)c(NCO)c3)C2=O)cc1N=C=O. The number of carbonyl (C=O) groups is 2. The number of hydrogen-bond acceptors (Lipinski definition) is 6. The van der Waals surface area contributed by atoms with Gasteiger partial charge >= 0.3 is 12.1 Å². The van der Waals surface area contributed by atoms with Crippen molar-refractivity contribution in [3.8, 4) is 0 Å². The van der Waals surface area contributed by atoms with Gasteiger partial charge in [-0.05, 0) is 49.2 Å². The van der Waals surface area contributed by atoms with E-state index in [0.717, 1.165) is 20.9 Å². The molecule has 132 valence electrons. The monoisotopic (exact) mass is 352 g/mol. The van der Waals surface area contributed by atoms with Crippen molar-refractivity contribution in [2.75, 3.05) is 21.8 Å². The summed E-state index contributed by atoms with van der Waals surface area (Å²) in [5.41, 5.74) is 3.30.